The molecule has 1 saturated heterocycles. The van der Waals surface area contributed by atoms with Crippen LogP contribution in [-0.2, 0) is 10.3 Å². The number of carbonyl (C=O) groups excluding carboxylic acids is 1. The molecule has 128 valence electrons. The normalized spacial score (nSPS) is 21.0. The van der Waals surface area contributed by atoms with Crippen LogP contribution in [0.4, 0.5) is 0 Å². The van der Waals surface area contributed by atoms with Crippen LogP contribution in [0.5, 0.6) is 5.75 Å². The molecule has 0 spiro atoms. The third kappa shape index (κ3) is 3.64. The fraction of sp³-hybridized carbons (Fsp3) is 0.611. The van der Waals surface area contributed by atoms with Gasteiger partial charge in [-0.1, -0.05) is 31.9 Å². The molecular weight excluding hydrogens is 312 g/mol. The number of nitrogens with one attached hydrogen (secondary N) is 2. The average molecular weight is 339 g/mol. The lowest BCUT2D eigenvalue weighted by Crippen LogP contribution is -2.53. The number of halogens is 1. The van der Waals surface area contributed by atoms with Crippen molar-refractivity contribution in [2.24, 2.45) is 11.8 Å². The smallest absolute Gasteiger partial charge is 0.223 e. The number of benzene rings is 1. The fourth-order valence-electron chi connectivity index (χ4n) is 3.60. The molecule has 2 N–H and O–H groups in total. The highest BCUT2D eigenvalue weighted by molar-refractivity contribution is 5.85. The van der Waals surface area contributed by atoms with E-state index in [1.807, 2.05) is 12.1 Å². The van der Waals surface area contributed by atoms with Crippen molar-refractivity contribution < 1.29 is 9.53 Å². The zero-order valence-electron chi connectivity index (χ0n) is 13.9. The summed E-state index contributed by atoms with van der Waals surface area (Å²) in [5.74, 6) is 1.62. The number of methoxy groups -OCH3 is 1. The van der Waals surface area contributed by atoms with Gasteiger partial charge in [-0.05, 0) is 49.5 Å². The van der Waals surface area contributed by atoms with Gasteiger partial charge < -0.3 is 15.4 Å². The molecule has 5 heteroatoms. The number of ether oxygens (including phenoxy) is 1. The minimum Gasteiger partial charge on any atom is -0.497 e. The molecule has 1 unspecified atom stereocenters. The van der Waals surface area contributed by atoms with E-state index in [0.29, 0.717) is 5.92 Å². The summed E-state index contributed by atoms with van der Waals surface area (Å²) in [4.78, 5) is 12.7. The van der Waals surface area contributed by atoms with E-state index >= 15 is 0 Å². The van der Waals surface area contributed by atoms with Crippen molar-refractivity contribution in [2.75, 3.05) is 20.2 Å². The summed E-state index contributed by atoms with van der Waals surface area (Å²) in [6.45, 7) is 3.98. The number of hydrogen-bond donors (Lipinski definition) is 2. The summed E-state index contributed by atoms with van der Waals surface area (Å²) in [7, 11) is 1.68. The number of hydrogen-bond acceptors (Lipinski definition) is 3. The van der Waals surface area contributed by atoms with Gasteiger partial charge in [0.1, 0.15) is 5.75 Å². The van der Waals surface area contributed by atoms with Crippen LogP contribution >= 0.6 is 12.4 Å². The maximum Gasteiger partial charge on any atom is 0.223 e. The van der Waals surface area contributed by atoms with Crippen LogP contribution in [0.3, 0.4) is 0 Å². The topological polar surface area (TPSA) is 50.4 Å². The molecule has 2 aliphatic rings. The second kappa shape index (κ2) is 7.54. The lowest BCUT2D eigenvalue weighted by atomic mass is 9.84. The molecule has 4 nitrogen and oxygen atoms in total. The van der Waals surface area contributed by atoms with Crippen LogP contribution in [0.2, 0.25) is 0 Å². The van der Waals surface area contributed by atoms with E-state index in [-0.39, 0.29) is 29.8 Å². The largest absolute Gasteiger partial charge is 0.497 e. The quantitative estimate of drug-likeness (QED) is 0.868. The van der Waals surface area contributed by atoms with Crippen LogP contribution in [-0.4, -0.2) is 26.1 Å². The first kappa shape index (κ1) is 18.1. The van der Waals surface area contributed by atoms with Crippen LogP contribution in [0.15, 0.2) is 24.3 Å². The van der Waals surface area contributed by atoms with Crippen LogP contribution < -0.4 is 15.4 Å². The molecule has 0 aromatic heterocycles. The summed E-state index contributed by atoms with van der Waals surface area (Å²) in [6, 6.07) is 8.17. The van der Waals surface area contributed by atoms with Crippen molar-refractivity contribution in [3.05, 3.63) is 29.8 Å². The third-order valence-corrected chi connectivity index (χ3v) is 5.40. The van der Waals surface area contributed by atoms with Gasteiger partial charge in [0.15, 0.2) is 0 Å². The second-order valence-electron chi connectivity index (χ2n) is 6.71. The van der Waals surface area contributed by atoms with Crippen LogP contribution in [0.1, 0.15) is 38.2 Å². The molecular formula is C18H27ClN2O2. The number of carbonyl (C=O) groups is 1. The Morgan fingerprint density at radius 3 is 2.35 bits per heavy atom. The minimum atomic E-state index is -0.186. The van der Waals surface area contributed by atoms with E-state index in [1.165, 1.54) is 18.4 Å². The Morgan fingerprint density at radius 1 is 1.26 bits per heavy atom. The first-order chi connectivity index (χ1) is 10.6. The van der Waals surface area contributed by atoms with Gasteiger partial charge >= 0.3 is 0 Å². The van der Waals surface area contributed by atoms with E-state index in [9.17, 15) is 4.79 Å². The molecule has 2 fully saturated rings. The Bertz CT molecular complexity index is 522. The maximum atomic E-state index is 12.7. The summed E-state index contributed by atoms with van der Waals surface area (Å²) in [5.41, 5.74) is 1.02. The summed E-state index contributed by atoms with van der Waals surface area (Å²) < 4.78 is 5.24. The summed E-state index contributed by atoms with van der Waals surface area (Å²) in [5, 5.41) is 6.64. The molecule has 1 heterocycles. The third-order valence-electron chi connectivity index (χ3n) is 5.40. The maximum absolute atomic E-state index is 12.7. The van der Waals surface area contributed by atoms with Crippen LogP contribution in [0.25, 0.3) is 0 Å². The first-order valence-electron chi connectivity index (χ1n) is 8.32. The molecule has 3 rings (SSSR count). The van der Waals surface area contributed by atoms with Gasteiger partial charge in [0.25, 0.3) is 0 Å². The van der Waals surface area contributed by atoms with Gasteiger partial charge in [-0.25, -0.2) is 0 Å². The van der Waals surface area contributed by atoms with Crippen molar-refractivity contribution in [2.45, 2.75) is 38.1 Å². The van der Waals surface area contributed by atoms with Crippen molar-refractivity contribution in [3.63, 3.8) is 0 Å². The van der Waals surface area contributed by atoms with Gasteiger partial charge in [0.05, 0.1) is 12.6 Å². The van der Waals surface area contributed by atoms with E-state index in [4.69, 9.17) is 4.74 Å². The minimum absolute atomic E-state index is 0. The Hall–Kier alpha value is -1.26. The summed E-state index contributed by atoms with van der Waals surface area (Å²) in [6.07, 6.45) is 4.40. The van der Waals surface area contributed by atoms with Crippen LogP contribution in [0, 0.1) is 11.8 Å². The van der Waals surface area contributed by atoms with Crippen molar-refractivity contribution in [1.29, 1.82) is 0 Å². The van der Waals surface area contributed by atoms with Gasteiger partial charge in [0, 0.05) is 5.92 Å². The standard InChI is InChI=1S/C18H26N2O2.ClH/c1-13(14-11-19-12-14)17(21)20-18(9-3-4-10-18)15-5-7-16(22-2)8-6-15;/h5-8,13-14,19H,3-4,9-12H2,1-2H3,(H,20,21);1H. The first-order valence-corrected chi connectivity index (χ1v) is 8.32. The van der Waals surface area contributed by atoms with Crippen molar-refractivity contribution >= 4 is 18.3 Å². The number of amides is 1. The van der Waals surface area contributed by atoms with E-state index in [0.717, 1.165) is 31.7 Å². The van der Waals surface area contributed by atoms with Gasteiger partial charge in [-0.15, -0.1) is 12.4 Å². The molecule has 1 aliphatic heterocycles. The molecule has 1 aromatic carbocycles. The molecule has 1 saturated carbocycles. The molecule has 23 heavy (non-hydrogen) atoms. The molecule has 1 aliphatic carbocycles. The zero-order valence-corrected chi connectivity index (χ0v) is 14.7. The predicted molar refractivity (Wildman–Crippen MR) is 94.1 cm³/mol. The lowest BCUT2D eigenvalue weighted by Gasteiger charge is -2.36. The van der Waals surface area contributed by atoms with E-state index in [2.05, 4.69) is 29.7 Å². The van der Waals surface area contributed by atoms with E-state index in [1.54, 1.807) is 7.11 Å². The lowest BCUT2D eigenvalue weighted by molar-refractivity contribution is -0.128. The molecule has 1 aromatic rings. The van der Waals surface area contributed by atoms with Crippen molar-refractivity contribution in [3.8, 4) is 5.75 Å². The van der Waals surface area contributed by atoms with E-state index < -0.39 is 0 Å². The highest BCUT2D eigenvalue weighted by atomic mass is 35.5. The number of rotatable bonds is 5. The molecule has 0 radical (unpaired) electrons. The highest BCUT2D eigenvalue weighted by Gasteiger charge is 2.39. The van der Waals surface area contributed by atoms with Gasteiger partial charge in [0.2, 0.25) is 5.91 Å². The zero-order chi connectivity index (χ0) is 15.6. The molecule has 1 amide bonds. The van der Waals surface area contributed by atoms with Crippen molar-refractivity contribution in [1.82, 2.24) is 10.6 Å². The SMILES string of the molecule is COc1ccc(C2(NC(=O)C(C)C3CNC3)CCCC2)cc1.Cl. The highest BCUT2D eigenvalue weighted by Crippen LogP contribution is 2.39. The molecule has 1 atom stereocenters. The second-order valence-corrected chi connectivity index (χ2v) is 6.71. The van der Waals surface area contributed by atoms with Gasteiger partial charge in [-0.3, -0.25) is 4.79 Å². The molecule has 0 bridgehead atoms. The predicted octanol–water partition coefficient (Wildman–Crippen LogP) is 2.86. The average Bonchev–Trinajstić information content (AvgIpc) is 2.95. The monoisotopic (exact) mass is 338 g/mol. The Kier molecular flexibility index (Phi) is 5.93. The summed E-state index contributed by atoms with van der Waals surface area (Å²) >= 11 is 0. The van der Waals surface area contributed by atoms with Gasteiger partial charge in [-0.2, -0.15) is 0 Å². The Balaban J connectivity index is 0.00000192. The fourth-order valence-corrected chi connectivity index (χ4v) is 3.60. The Labute approximate surface area is 144 Å². The Morgan fingerprint density at radius 2 is 1.87 bits per heavy atom.